The van der Waals surface area contributed by atoms with Crippen LogP contribution in [0.3, 0.4) is 0 Å². The van der Waals surface area contributed by atoms with E-state index in [0.717, 1.165) is 17.1 Å². The van der Waals surface area contributed by atoms with Crippen LogP contribution in [0.25, 0.3) is 0 Å². The third-order valence-corrected chi connectivity index (χ3v) is 8.85. The summed E-state index contributed by atoms with van der Waals surface area (Å²) in [6, 6.07) is 8.84. The first kappa shape index (κ1) is 30.8. The molecule has 1 heterocycles. The Balaban J connectivity index is 2.00. The van der Waals surface area contributed by atoms with Gasteiger partial charge in [-0.25, -0.2) is 8.42 Å². The largest absolute Gasteiger partial charge is 0.486 e. The van der Waals surface area contributed by atoms with Gasteiger partial charge in [0.1, 0.15) is 25.8 Å². The number of ether oxygens (including phenoxy) is 2. The molecule has 0 aliphatic carbocycles. The van der Waals surface area contributed by atoms with Gasteiger partial charge in [0.05, 0.1) is 11.4 Å². The minimum absolute atomic E-state index is 0.0712. The third-order valence-electron chi connectivity index (χ3n) is 6.40. The maximum atomic E-state index is 13.9. The molecule has 0 aromatic heterocycles. The van der Waals surface area contributed by atoms with Gasteiger partial charge >= 0.3 is 0 Å². The lowest BCUT2D eigenvalue weighted by atomic mass is 10.1. The first-order chi connectivity index (χ1) is 18.6. The second-order valence-corrected chi connectivity index (χ2v) is 12.0. The van der Waals surface area contributed by atoms with Gasteiger partial charge in [-0.3, -0.25) is 13.9 Å². The lowest BCUT2D eigenvalue weighted by Gasteiger charge is -2.33. The molecule has 1 N–H and O–H groups in total. The third kappa shape index (κ3) is 7.70. The number of fused-ring (bicyclic) bond motifs is 1. The van der Waals surface area contributed by atoms with Crippen molar-refractivity contribution in [2.45, 2.75) is 52.6 Å². The maximum Gasteiger partial charge on any atom is 0.244 e. The number of benzene rings is 2. The fourth-order valence-electron chi connectivity index (χ4n) is 4.19. The van der Waals surface area contributed by atoms with E-state index >= 15 is 0 Å². The quantitative estimate of drug-likeness (QED) is 0.336. The van der Waals surface area contributed by atoms with Crippen molar-refractivity contribution in [3.63, 3.8) is 0 Å². The molecular weight excluding hydrogens is 565 g/mol. The van der Waals surface area contributed by atoms with Crippen LogP contribution in [-0.4, -0.2) is 63.2 Å². The van der Waals surface area contributed by atoms with Gasteiger partial charge in [-0.15, -0.1) is 0 Å². The Morgan fingerprint density at radius 1 is 1.03 bits per heavy atom. The summed E-state index contributed by atoms with van der Waals surface area (Å²) >= 11 is 12.8. The fourth-order valence-corrected chi connectivity index (χ4v) is 5.76. The van der Waals surface area contributed by atoms with Crippen molar-refractivity contribution in [2.75, 3.05) is 36.4 Å². The highest BCUT2D eigenvalue weighted by atomic mass is 35.5. The van der Waals surface area contributed by atoms with Crippen LogP contribution in [0.1, 0.15) is 45.6 Å². The predicted octanol–water partition coefficient (Wildman–Crippen LogP) is 4.64. The molecule has 1 aliphatic rings. The zero-order chi connectivity index (χ0) is 28.6. The molecule has 9 nitrogen and oxygen atoms in total. The molecule has 0 saturated carbocycles. The van der Waals surface area contributed by atoms with Gasteiger partial charge in [0, 0.05) is 34.8 Å². The number of hydrogen-bond donors (Lipinski definition) is 1. The summed E-state index contributed by atoms with van der Waals surface area (Å²) in [7, 11) is -3.89. The SMILES string of the molecule is CCCCNC(=O)[C@@H](CC)N(Cc1c(Cl)cccc1Cl)C(=O)CN(c1ccc2c(c1)OCCO2)S(=O)(=O)CC. The molecule has 2 aromatic carbocycles. The summed E-state index contributed by atoms with van der Waals surface area (Å²) in [5.74, 6) is -0.249. The second kappa shape index (κ2) is 14.1. The van der Waals surface area contributed by atoms with Gasteiger partial charge < -0.3 is 19.7 Å². The Labute approximate surface area is 240 Å². The number of unbranched alkanes of at least 4 members (excludes halogenated alkanes) is 1. The van der Waals surface area contributed by atoms with Gasteiger partial charge in [0.25, 0.3) is 0 Å². The van der Waals surface area contributed by atoms with Crippen LogP contribution in [0.4, 0.5) is 5.69 Å². The van der Waals surface area contributed by atoms with Gasteiger partial charge in [0.2, 0.25) is 21.8 Å². The Hall–Kier alpha value is -2.69. The molecule has 0 saturated heterocycles. The summed E-state index contributed by atoms with van der Waals surface area (Å²) in [5.41, 5.74) is 0.726. The Morgan fingerprint density at radius 2 is 1.69 bits per heavy atom. The second-order valence-electron chi connectivity index (χ2n) is 9.03. The number of sulfonamides is 1. The summed E-state index contributed by atoms with van der Waals surface area (Å²) in [4.78, 5) is 28.5. The molecule has 1 atom stereocenters. The van der Waals surface area contributed by atoms with Crippen molar-refractivity contribution in [1.29, 1.82) is 0 Å². The van der Waals surface area contributed by atoms with Crippen molar-refractivity contribution in [1.82, 2.24) is 10.2 Å². The minimum atomic E-state index is -3.89. The van der Waals surface area contributed by atoms with Crippen LogP contribution in [0.15, 0.2) is 36.4 Å². The number of nitrogens with one attached hydrogen (secondary N) is 1. The van der Waals surface area contributed by atoms with E-state index in [1.165, 1.54) is 11.8 Å². The van der Waals surface area contributed by atoms with Crippen molar-refractivity contribution in [2.24, 2.45) is 0 Å². The highest BCUT2D eigenvalue weighted by Crippen LogP contribution is 2.35. The molecule has 12 heteroatoms. The number of carbonyl (C=O) groups is 2. The van der Waals surface area contributed by atoms with Crippen LogP contribution in [0, 0.1) is 0 Å². The normalized spacial score (nSPS) is 13.5. The van der Waals surface area contributed by atoms with Crippen LogP contribution in [0.2, 0.25) is 10.0 Å². The van der Waals surface area contributed by atoms with Crippen LogP contribution >= 0.6 is 23.2 Å². The molecule has 214 valence electrons. The lowest BCUT2D eigenvalue weighted by molar-refractivity contribution is -0.140. The molecule has 2 aromatic rings. The van der Waals surface area contributed by atoms with Crippen molar-refractivity contribution >= 4 is 50.7 Å². The van der Waals surface area contributed by atoms with E-state index in [2.05, 4.69) is 5.32 Å². The monoisotopic (exact) mass is 599 g/mol. The first-order valence-electron chi connectivity index (χ1n) is 13.0. The standard InChI is InChI=1S/C27H35Cl2N3O6S/c1-4-7-13-30-27(34)23(5-2)31(17-20-21(28)9-8-10-22(20)29)26(33)18-32(39(35,36)6-3)19-11-12-24-25(16-19)38-15-14-37-24/h8-12,16,23H,4-7,13-15,17-18H2,1-3H3,(H,30,34)/t23-/m1/s1. The zero-order valence-electron chi connectivity index (χ0n) is 22.4. The highest BCUT2D eigenvalue weighted by Gasteiger charge is 2.33. The van der Waals surface area contributed by atoms with E-state index in [1.54, 1.807) is 43.3 Å². The van der Waals surface area contributed by atoms with E-state index < -0.39 is 28.5 Å². The van der Waals surface area contributed by atoms with E-state index in [0.29, 0.717) is 53.3 Å². The molecular formula is C27H35Cl2N3O6S. The molecule has 0 radical (unpaired) electrons. The Bertz CT molecular complexity index is 1250. The summed E-state index contributed by atoms with van der Waals surface area (Å²) in [6.45, 7) is 5.89. The molecule has 0 fully saturated rings. The van der Waals surface area contributed by atoms with E-state index in [9.17, 15) is 18.0 Å². The number of amides is 2. The lowest BCUT2D eigenvalue weighted by Crippen LogP contribution is -2.52. The number of nitrogens with zero attached hydrogens (tertiary/aromatic N) is 2. The van der Waals surface area contributed by atoms with Crippen molar-refractivity contribution < 1.29 is 27.5 Å². The maximum absolute atomic E-state index is 13.9. The highest BCUT2D eigenvalue weighted by molar-refractivity contribution is 7.92. The van der Waals surface area contributed by atoms with E-state index in [1.807, 2.05) is 6.92 Å². The Kier molecular flexibility index (Phi) is 11.1. The number of hydrogen-bond acceptors (Lipinski definition) is 6. The van der Waals surface area contributed by atoms with Crippen LogP contribution in [-0.2, 0) is 26.2 Å². The van der Waals surface area contributed by atoms with Gasteiger partial charge in [0.15, 0.2) is 11.5 Å². The molecule has 2 amide bonds. The number of rotatable bonds is 13. The predicted molar refractivity (Wildman–Crippen MR) is 153 cm³/mol. The molecule has 0 bridgehead atoms. The summed E-state index contributed by atoms with van der Waals surface area (Å²) in [6.07, 6.45) is 1.99. The molecule has 3 rings (SSSR count). The zero-order valence-corrected chi connectivity index (χ0v) is 24.7. The van der Waals surface area contributed by atoms with E-state index in [4.69, 9.17) is 32.7 Å². The van der Waals surface area contributed by atoms with Crippen LogP contribution < -0.4 is 19.1 Å². The van der Waals surface area contributed by atoms with Crippen molar-refractivity contribution in [3.8, 4) is 11.5 Å². The van der Waals surface area contributed by atoms with Gasteiger partial charge in [-0.1, -0.05) is 49.5 Å². The molecule has 39 heavy (non-hydrogen) atoms. The average molecular weight is 601 g/mol. The van der Waals surface area contributed by atoms with E-state index in [-0.39, 0.29) is 23.9 Å². The van der Waals surface area contributed by atoms with Crippen LogP contribution in [0.5, 0.6) is 11.5 Å². The smallest absolute Gasteiger partial charge is 0.244 e. The molecule has 1 aliphatic heterocycles. The molecule has 0 unspecified atom stereocenters. The number of carbonyl (C=O) groups excluding carboxylic acids is 2. The number of anilines is 1. The summed E-state index contributed by atoms with van der Waals surface area (Å²) in [5, 5.41) is 3.56. The fraction of sp³-hybridized carbons (Fsp3) is 0.481. The van der Waals surface area contributed by atoms with Gasteiger partial charge in [-0.2, -0.15) is 0 Å². The Morgan fingerprint density at radius 3 is 2.31 bits per heavy atom. The first-order valence-corrected chi connectivity index (χ1v) is 15.4. The minimum Gasteiger partial charge on any atom is -0.486 e. The topological polar surface area (TPSA) is 105 Å². The average Bonchev–Trinajstić information content (AvgIpc) is 2.92. The van der Waals surface area contributed by atoms with Gasteiger partial charge in [-0.05, 0) is 44.0 Å². The van der Waals surface area contributed by atoms with Crippen molar-refractivity contribution in [3.05, 3.63) is 52.0 Å². The summed E-state index contributed by atoms with van der Waals surface area (Å²) < 4.78 is 38.6. The number of halogens is 2. The molecule has 0 spiro atoms.